The molecule has 2 aromatic carbocycles. The molecule has 1 atom stereocenters. The molecule has 0 aliphatic rings. The number of hydrogen-bond acceptors (Lipinski definition) is 3. The molecule has 28 heavy (non-hydrogen) atoms. The Hall–Kier alpha value is -3.17. The number of halogens is 5. The van der Waals surface area contributed by atoms with Gasteiger partial charge < -0.3 is 15.4 Å². The second-order valence-corrected chi connectivity index (χ2v) is 5.60. The molecule has 10 heteroatoms. The van der Waals surface area contributed by atoms with Gasteiger partial charge in [0.1, 0.15) is 11.8 Å². The zero-order valence-electron chi connectivity index (χ0n) is 14.4. The van der Waals surface area contributed by atoms with E-state index in [1.807, 2.05) is 0 Å². The molecule has 0 aliphatic carbocycles. The Bertz CT molecular complexity index is 853. The first-order valence-corrected chi connectivity index (χ1v) is 7.87. The van der Waals surface area contributed by atoms with Gasteiger partial charge in [0.25, 0.3) is 5.91 Å². The van der Waals surface area contributed by atoms with Crippen LogP contribution >= 0.6 is 0 Å². The van der Waals surface area contributed by atoms with Gasteiger partial charge in [0.15, 0.2) is 18.2 Å². The van der Waals surface area contributed by atoms with E-state index in [0.717, 1.165) is 42.5 Å². The normalized spacial score (nSPS) is 12.2. The van der Waals surface area contributed by atoms with Crippen LogP contribution in [0.2, 0.25) is 0 Å². The van der Waals surface area contributed by atoms with Crippen LogP contribution < -0.4 is 15.4 Å². The molecule has 1 unspecified atom stereocenters. The number of likely N-dealkylation sites (N-methyl/N-ethyl adjacent to an activating group) is 1. The second kappa shape index (κ2) is 8.68. The molecule has 0 radical (unpaired) electrons. The number of benzene rings is 2. The van der Waals surface area contributed by atoms with Crippen LogP contribution in [-0.4, -0.2) is 25.5 Å². The quantitative estimate of drug-likeness (QED) is 0.731. The number of amides is 2. The molecule has 0 fully saturated rings. The molecular weight excluding hydrogens is 387 g/mol. The summed E-state index contributed by atoms with van der Waals surface area (Å²) in [6.07, 6.45) is -4.50. The Morgan fingerprint density at radius 3 is 2.21 bits per heavy atom. The number of ether oxygens (including phenoxy) is 1. The van der Waals surface area contributed by atoms with Crippen LogP contribution in [0.4, 0.5) is 22.0 Å². The number of rotatable bonds is 6. The van der Waals surface area contributed by atoms with Gasteiger partial charge in [-0.1, -0.05) is 6.07 Å². The van der Waals surface area contributed by atoms with Crippen LogP contribution in [0.1, 0.15) is 17.2 Å². The van der Waals surface area contributed by atoms with Crippen molar-refractivity contribution in [1.29, 1.82) is 0 Å². The summed E-state index contributed by atoms with van der Waals surface area (Å²) < 4.78 is 69.1. The van der Waals surface area contributed by atoms with E-state index in [1.165, 1.54) is 7.05 Å². The first-order chi connectivity index (χ1) is 13.1. The third-order valence-electron chi connectivity index (χ3n) is 3.64. The lowest BCUT2D eigenvalue weighted by molar-refractivity contribution is -0.137. The lowest BCUT2D eigenvalue weighted by Crippen LogP contribution is -2.41. The van der Waals surface area contributed by atoms with Crippen molar-refractivity contribution in [1.82, 2.24) is 10.6 Å². The first-order valence-electron chi connectivity index (χ1n) is 7.87. The van der Waals surface area contributed by atoms with Crippen LogP contribution in [0.25, 0.3) is 0 Å². The Kier molecular flexibility index (Phi) is 6.55. The van der Waals surface area contributed by atoms with Gasteiger partial charge in [-0.05, 0) is 42.0 Å². The standard InChI is InChI=1S/C18H15F5N2O3/c1-24-17(27)16(10-2-7-13(19)14(20)8-10)25-15(26)9-28-12-5-3-11(4-6-12)18(21,22)23/h2-8,16H,9H2,1H3,(H,24,27)(H,25,26). The molecule has 0 heterocycles. The van der Waals surface area contributed by atoms with Crippen molar-refractivity contribution < 1.29 is 36.3 Å². The van der Waals surface area contributed by atoms with Gasteiger partial charge in [-0.2, -0.15) is 13.2 Å². The van der Waals surface area contributed by atoms with E-state index >= 15 is 0 Å². The molecule has 0 saturated carbocycles. The predicted molar refractivity (Wildman–Crippen MR) is 88.2 cm³/mol. The molecule has 150 valence electrons. The summed E-state index contributed by atoms with van der Waals surface area (Å²) in [7, 11) is 1.29. The highest BCUT2D eigenvalue weighted by molar-refractivity contribution is 5.89. The highest BCUT2D eigenvalue weighted by Gasteiger charge is 2.30. The molecule has 2 N–H and O–H groups in total. The van der Waals surface area contributed by atoms with Crippen LogP contribution in [0, 0.1) is 11.6 Å². The summed E-state index contributed by atoms with van der Waals surface area (Å²) >= 11 is 0. The topological polar surface area (TPSA) is 67.4 Å². The van der Waals surface area contributed by atoms with Crippen molar-refractivity contribution in [3.8, 4) is 5.75 Å². The lowest BCUT2D eigenvalue weighted by Gasteiger charge is -2.18. The zero-order chi connectivity index (χ0) is 20.9. The first kappa shape index (κ1) is 21.1. The summed E-state index contributed by atoms with van der Waals surface area (Å²) in [5.74, 6) is -3.78. The Morgan fingerprint density at radius 1 is 1.04 bits per heavy atom. The zero-order valence-corrected chi connectivity index (χ0v) is 14.4. The van der Waals surface area contributed by atoms with Gasteiger partial charge in [0.05, 0.1) is 5.56 Å². The third-order valence-corrected chi connectivity index (χ3v) is 3.64. The van der Waals surface area contributed by atoms with E-state index in [9.17, 15) is 31.5 Å². The predicted octanol–water partition coefficient (Wildman–Crippen LogP) is 2.97. The molecule has 2 aromatic rings. The summed E-state index contributed by atoms with van der Waals surface area (Å²) in [6, 6.07) is 5.07. The fraction of sp³-hybridized carbons (Fsp3) is 0.222. The summed E-state index contributed by atoms with van der Waals surface area (Å²) in [4.78, 5) is 24.0. The van der Waals surface area contributed by atoms with Crippen molar-refractivity contribution in [2.75, 3.05) is 13.7 Å². The molecule has 2 rings (SSSR count). The fourth-order valence-electron chi connectivity index (χ4n) is 2.23. The minimum absolute atomic E-state index is 0.00105. The summed E-state index contributed by atoms with van der Waals surface area (Å²) in [5.41, 5.74) is -0.872. The monoisotopic (exact) mass is 402 g/mol. The van der Waals surface area contributed by atoms with Gasteiger partial charge in [-0.15, -0.1) is 0 Å². The average molecular weight is 402 g/mol. The minimum Gasteiger partial charge on any atom is -0.484 e. The maximum absolute atomic E-state index is 13.4. The maximum Gasteiger partial charge on any atom is 0.416 e. The van der Waals surface area contributed by atoms with Crippen LogP contribution in [-0.2, 0) is 15.8 Å². The number of hydrogen-bond donors (Lipinski definition) is 2. The highest BCUT2D eigenvalue weighted by Crippen LogP contribution is 2.30. The van der Waals surface area contributed by atoms with E-state index in [2.05, 4.69) is 10.6 Å². The largest absolute Gasteiger partial charge is 0.484 e. The fourth-order valence-corrected chi connectivity index (χ4v) is 2.23. The van der Waals surface area contributed by atoms with Crippen LogP contribution in [0.5, 0.6) is 5.75 Å². The van der Waals surface area contributed by atoms with Crippen molar-refractivity contribution in [3.05, 3.63) is 65.2 Å². The van der Waals surface area contributed by atoms with Gasteiger partial charge in [-0.25, -0.2) is 8.78 Å². The van der Waals surface area contributed by atoms with Crippen molar-refractivity contribution in [3.63, 3.8) is 0 Å². The third kappa shape index (κ3) is 5.41. The molecule has 5 nitrogen and oxygen atoms in total. The average Bonchev–Trinajstić information content (AvgIpc) is 2.65. The Morgan fingerprint density at radius 2 is 1.68 bits per heavy atom. The van der Waals surface area contributed by atoms with Gasteiger partial charge in [0.2, 0.25) is 5.91 Å². The highest BCUT2D eigenvalue weighted by atomic mass is 19.4. The van der Waals surface area contributed by atoms with Crippen molar-refractivity contribution >= 4 is 11.8 Å². The van der Waals surface area contributed by atoms with E-state index in [-0.39, 0.29) is 11.3 Å². The van der Waals surface area contributed by atoms with Crippen LogP contribution in [0.15, 0.2) is 42.5 Å². The Labute approximate surface area is 156 Å². The van der Waals surface area contributed by atoms with Crippen molar-refractivity contribution in [2.45, 2.75) is 12.2 Å². The summed E-state index contributed by atoms with van der Waals surface area (Å²) in [5, 5.41) is 4.57. The van der Waals surface area contributed by atoms with E-state index in [4.69, 9.17) is 4.74 Å². The number of alkyl halides is 3. The number of carbonyl (C=O) groups excluding carboxylic acids is 2. The van der Waals surface area contributed by atoms with Gasteiger partial charge in [0, 0.05) is 7.05 Å². The molecule has 2 amide bonds. The van der Waals surface area contributed by atoms with Crippen LogP contribution in [0.3, 0.4) is 0 Å². The SMILES string of the molecule is CNC(=O)C(NC(=O)COc1ccc(C(F)(F)F)cc1)c1ccc(F)c(F)c1. The smallest absolute Gasteiger partial charge is 0.416 e. The van der Waals surface area contributed by atoms with Gasteiger partial charge in [-0.3, -0.25) is 9.59 Å². The molecule has 0 bridgehead atoms. The van der Waals surface area contributed by atoms with E-state index < -0.39 is 47.8 Å². The minimum atomic E-state index is -4.50. The van der Waals surface area contributed by atoms with E-state index in [0.29, 0.717) is 0 Å². The summed E-state index contributed by atoms with van der Waals surface area (Å²) in [6.45, 7) is -0.609. The number of carbonyl (C=O) groups is 2. The lowest BCUT2D eigenvalue weighted by atomic mass is 10.1. The molecule has 0 spiro atoms. The van der Waals surface area contributed by atoms with E-state index in [1.54, 1.807) is 0 Å². The molecular formula is C18H15F5N2O3. The Balaban J connectivity index is 2.03. The molecule has 0 aliphatic heterocycles. The van der Waals surface area contributed by atoms with Gasteiger partial charge >= 0.3 is 6.18 Å². The number of nitrogens with one attached hydrogen (secondary N) is 2. The molecule has 0 aromatic heterocycles. The van der Waals surface area contributed by atoms with Crippen molar-refractivity contribution in [2.24, 2.45) is 0 Å². The maximum atomic E-state index is 13.4. The molecule has 0 saturated heterocycles. The second-order valence-electron chi connectivity index (χ2n) is 5.60.